The van der Waals surface area contributed by atoms with E-state index in [0.29, 0.717) is 0 Å². The Hall–Kier alpha value is -2.04. The zero-order valence-corrected chi connectivity index (χ0v) is 10.5. The van der Waals surface area contributed by atoms with Crippen LogP contribution in [0.25, 0.3) is 0 Å². The Morgan fingerprint density at radius 2 is 1.26 bits per heavy atom. The lowest BCUT2D eigenvalue weighted by molar-refractivity contribution is -0.169. The second-order valence-corrected chi connectivity index (χ2v) is 2.48. The van der Waals surface area contributed by atoms with Crippen molar-refractivity contribution in [3.8, 4) is 0 Å². The molecule has 19 heavy (non-hydrogen) atoms. The van der Waals surface area contributed by atoms with Crippen molar-refractivity contribution in [2.24, 2.45) is 22.9 Å². The molecule has 4 amide bonds. The highest BCUT2D eigenvalue weighted by atomic mass is 35.5. The molecule has 0 heterocycles. The molecule has 0 aliphatic heterocycles. The third-order valence-electron chi connectivity index (χ3n) is 0.411. The third kappa shape index (κ3) is 87.6. The summed E-state index contributed by atoms with van der Waals surface area (Å²) in [7, 11) is 0. The zero-order chi connectivity index (χ0) is 16.6. The molecule has 0 saturated heterocycles. The summed E-state index contributed by atoms with van der Waals surface area (Å²) < 4.78 is 32.1. The Bertz CT molecular complexity index is 282. The van der Waals surface area contributed by atoms with Gasteiger partial charge in [0.15, 0.2) is 0 Å². The molecule has 114 valence electrons. The molecule has 0 saturated carbocycles. The summed E-state index contributed by atoms with van der Waals surface area (Å²) in [6.07, 6.45) is -4.61. The van der Waals surface area contributed by atoms with E-state index < -0.39 is 18.0 Å². The zero-order valence-electron chi connectivity index (χ0n) is 9.74. The van der Waals surface area contributed by atoms with Crippen LogP contribution in [0.15, 0.2) is 0 Å². The van der Waals surface area contributed by atoms with Crippen molar-refractivity contribution < 1.29 is 32.3 Å². The molecule has 8 nitrogen and oxygen atoms in total. The number of primary amides is 4. The Labute approximate surface area is 111 Å². The molecule has 0 atom stereocenters. The van der Waals surface area contributed by atoms with E-state index in [1.807, 2.05) is 0 Å². The minimum Gasteiger partial charge on any atom is -0.372 e. The minimum absolute atomic E-state index is 0.0833. The van der Waals surface area contributed by atoms with Gasteiger partial charge in [-0.1, -0.05) is 0 Å². The number of hydrogen-bond donors (Lipinski definition) is 4. The Kier molecular flexibility index (Phi) is 21.6. The van der Waals surface area contributed by atoms with E-state index in [1.54, 1.807) is 0 Å². The van der Waals surface area contributed by atoms with E-state index in [4.69, 9.17) is 21.2 Å². The largest absolute Gasteiger partial charge is 0.470 e. The van der Waals surface area contributed by atoms with E-state index >= 15 is 0 Å². The quantitative estimate of drug-likeness (QED) is 0.335. The second-order valence-electron chi connectivity index (χ2n) is 2.21. The van der Waals surface area contributed by atoms with Crippen LogP contribution in [0, 0.1) is 0 Å². The summed E-state index contributed by atoms with van der Waals surface area (Å²) in [5.41, 5.74) is 17.0. The normalized spacial score (nSPS) is 8.05. The molecule has 0 spiro atoms. The number of halogens is 4. The second kappa shape index (κ2) is 16.0. The Morgan fingerprint density at radius 3 is 1.26 bits per heavy atom. The van der Waals surface area contributed by atoms with Crippen LogP contribution in [0.4, 0.5) is 13.2 Å². The van der Waals surface area contributed by atoms with Crippen molar-refractivity contribution >= 4 is 35.7 Å². The predicted molar refractivity (Wildman–Crippen MR) is 60.3 cm³/mol. The van der Waals surface area contributed by atoms with Crippen molar-refractivity contribution in [3.63, 3.8) is 0 Å². The molecule has 0 unspecified atom stereocenters. The molecule has 0 fully saturated rings. The highest BCUT2D eigenvalue weighted by molar-refractivity contribution is 6.27. The summed E-state index contributed by atoms with van der Waals surface area (Å²) in [6.45, 7) is 1.31. The van der Waals surface area contributed by atoms with Gasteiger partial charge in [0.25, 0.3) is 0 Å². The lowest BCUT2D eigenvalue weighted by Gasteiger charge is -1.95. The minimum atomic E-state index is -4.86. The van der Waals surface area contributed by atoms with Gasteiger partial charge < -0.3 is 22.9 Å². The molecule has 0 aromatic heterocycles. The average molecular weight is 311 g/mol. The first-order valence-electron chi connectivity index (χ1n) is 3.99. The molecular weight excluding hydrogens is 297 g/mol. The van der Waals surface area contributed by atoms with E-state index in [2.05, 4.69) is 22.9 Å². The van der Waals surface area contributed by atoms with E-state index in [9.17, 15) is 22.8 Å². The van der Waals surface area contributed by atoms with Crippen LogP contribution in [0.5, 0.6) is 0 Å². The fraction of sp³-hybridized carbons (Fsp3) is 0.429. The van der Waals surface area contributed by atoms with Crippen molar-refractivity contribution in [1.29, 1.82) is 0 Å². The Morgan fingerprint density at radius 1 is 1.16 bits per heavy atom. The van der Waals surface area contributed by atoms with Gasteiger partial charge in [0.1, 0.15) is 5.88 Å². The molecule has 0 aromatic carbocycles. The van der Waals surface area contributed by atoms with Crippen LogP contribution in [-0.4, -0.2) is 36.2 Å². The number of nitrogens with two attached hydrogens (primary N) is 4. The van der Waals surface area contributed by atoms with Crippen molar-refractivity contribution in [1.82, 2.24) is 0 Å². The molecule has 0 bridgehead atoms. The maximum atomic E-state index is 10.7. The average Bonchev–Trinajstić information content (AvgIpc) is 2.17. The van der Waals surface area contributed by atoms with Crippen LogP contribution in [0.3, 0.4) is 0 Å². The molecule has 0 rings (SSSR count). The van der Waals surface area contributed by atoms with Crippen LogP contribution in [0.2, 0.25) is 0 Å². The van der Waals surface area contributed by atoms with Gasteiger partial charge in [-0.2, -0.15) is 13.2 Å². The smallest absolute Gasteiger partial charge is 0.372 e. The molecule has 12 heteroatoms. The number of alkyl halides is 4. The first kappa shape index (κ1) is 25.7. The van der Waals surface area contributed by atoms with Gasteiger partial charge in [0.05, 0.1) is 0 Å². The van der Waals surface area contributed by atoms with Gasteiger partial charge in [0, 0.05) is 6.92 Å². The van der Waals surface area contributed by atoms with E-state index in [0.717, 1.165) is 0 Å². The van der Waals surface area contributed by atoms with Crippen LogP contribution in [0.1, 0.15) is 6.92 Å². The first-order valence-corrected chi connectivity index (χ1v) is 4.52. The standard InChI is InChI=1S/C2H4ClNO.C2H2F3NO.C2H5NO.CH3NO/c3-1-2(4)5;3-2(4,5)1(6)7;1-2(3)4;2-1-3/h1H2,(H2,4,5);(H2,6,7);1H3,(H2,3,4);1H,(H2,2,3). The number of carbonyl (C=O) groups is 4. The van der Waals surface area contributed by atoms with Gasteiger partial charge in [0.2, 0.25) is 18.2 Å². The fourth-order valence-electron chi connectivity index (χ4n) is 0. The highest BCUT2D eigenvalue weighted by Gasteiger charge is 2.35. The number of hydrogen-bond acceptors (Lipinski definition) is 4. The SMILES string of the molecule is CC(N)=O.NC(=O)C(F)(F)F.NC(=O)CCl.NC=O. The summed E-state index contributed by atoms with van der Waals surface area (Å²) in [5.74, 6) is -3.15. The van der Waals surface area contributed by atoms with E-state index in [-0.39, 0.29) is 18.2 Å². The first-order chi connectivity index (χ1) is 8.36. The van der Waals surface area contributed by atoms with Gasteiger partial charge in [-0.3, -0.25) is 19.2 Å². The van der Waals surface area contributed by atoms with Gasteiger partial charge in [-0.25, -0.2) is 0 Å². The summed E-state index contributed by atoms with van der Waals surface area (Å²) in [5, 5.41) is 0. The molecule has 0 aromatic rings. The van der Waals surface area contributed by atoms with Gasteiger partial charge in [-0.15, -0.1) is 11.6 Å². The lowest BCUT2D eigenvalue weighted by Crippen LogP contribution is -2.30. The Balaban J connectivity index is -0.0000000833. The monoisotopic (exact) mass is 310 g/mol. The van der Waals surface area contributed by atoms with Gasteiger partial charge >= 0.3 is 12.1 Å². The summed E-state index contributed by atoms with van der Waals surface area (Å²) in [4.78, 5) is 36.4. The van der Waals surface area contributed by atoms with Crippen LogP contribution < -0.4 is 22.9 Å². The van der Waals surface area contributed by atoms with Gasteiger partial charge in [-0.05, 0) is 0 Å². The predicted octanol–water partition coefficient (Wildman–Crippen LogP) is -1.66. The third-order valence-corrected chi connectivity index (χ3v) is 0.675. The maximum absolute atomic E-state index is 10.7. The van der Waals surface area contributed by atoms with Crippen LogP contribution >= 0.6 is 11.6 Å². The van der Waals surface area contributed by atoms with Crippen LogP contribution in [-0.2, 0) is 19.2 Å². The lowest BCUT2D eigenvalue weighted by atomic mass is 10.6. The molecule has 0 radical (unpaired) electrons. The topological polar surface area (TPSA) is 172 Å². The van der Waals surface area contributed by atoms with Crippen molar-refractivity contribution in [2.45, 2.75) is 13.1 Å². The fourth-order valence-corrected chi connectivity index (χ4v) is 0. The highest BCUT2D eigenvalue weighted by Crippen LogP contribution is 2.11. The van der Waals surface area contributed by atoms with Crippen molar-refractivity contribution in [3.05, 3.63) is 0 Å². The summed E-state index contributed by atoms with van der Waals surface area (Å²) >= 11 is 4.86. The van der Waals surface area contributed by atoms with E-state index in [1.165, 1.54) is 6.92 Å². The molecule has 8 N–H and O–H groups in total. The molecule has 0 aliphatic rings. The van der Waals surface area contributed by atoms with Crippen molar-refractivity contribution in [2.75, 3.05) is 5.88 Å². The molecule has 0 aliphatic carbocycles. The maximum Gasteiger partial charge on any atom is 0.470 e. The summed E-state index contributed by atoms with van der Waals surface area (Å²) in [6, 6.07) is 0. The number of carbonyl (C=O) groups excluding carboxylic acids is 4. The number of rotatable bonds is 1. The number of amides is 4. The molecular formula is C7H14ClF3N4O4.